The fraction of sp³-hybridized carbons (Fsp3) is 0.412. The molecule has 2 aromatic rings. The quantitative estimate of drug-likeness (QED) is 0.903. The van der Waals surface area contributed by atoms with Gasteiger partial charge >= 0.3 is 0 Å². The molecule has 1 aliphatic heterocycles. The Bertz CT molecular complexity index is 757. The first kappa shape index (κ1) is 16.3. The standard InChI is InChI=1S/C17H20N4O3/c1-12-2-3-13(9-18-12)17(23)21-6-7-24-15(10-21)5-4-14-8-16(22)20-11-19-14/h2-3,8-9,11,15H,4-7,10H2,1H3,(H,19,20,22)/t15-/m0/s1. The van der Waals surface area contributed by atoms with Crippen molar-refractivity contribution in [2.45, 2.75) is 25.9 Å². The molecule has 0 unspecified atom stereocenters. The summed E-state index contributed by atoms with van der Waals surface area (Å²) in [5.41, 5.74) is 2.05. The lowest BCUT2D eigenvalue weighted by Crippen LogP contribution is -2.45. The number of hydrogen-bond acceptors (Lipinski definition) is 5. The average Bonchev–Trinajstić information content (AvgIpc) is 2.60. The topological polar surface area (TPSA) is 88.2 Å². The number of hydrogen-bond donors (Lipinski definition) is 1. The number of nitrogens with one attached hydrogen (secondary N) is 1. The third-order valence-electron chi connectivity index (χ3n) is 4.04. The minimum absolute atomic E-state index is 0.0231. The zero-order chi connectivity index (χ0) is 16.9. The number of aromatic nitrogens is 3. The van der Waals surface area contributed by atoms with Gasteiger partial charge in [-0.3, -0.25) is 14.6 Å². The Morgan fingerprint density at radius 1 is 1.42 bits per heavy atom. The smallest absolute Gasteiger partial charge is 0.255 e. The van der Waals surface area contributed by atoms with Crippen molar-refractivity contribution >= 4 is 5.91 Å². The first-order valence-corrected chi connectivity index (χ1v) is 7.99. The van der Waals surface area contributed by atoms with Crippen molar-refractivity contribution in [3.63, 3.8) is 0 Å². The normalized spacial score (nSPS) is 17.7. The van der Waals surface area contributed by atoms with Crippen molar-refractivity contribution in [1.29, 1.82) is 0 Å². The van der Waals surface area contributed by atoms with E-state index in [0.29, 0.717) is 38.1 Å². The lowest BCUT2D eigenvalue weighted by atomic mass is 10.1. The number of morpholine rings is 1. The van der Waals surface area contributed by atoms with Crippen LogP contribution in [0.5, 0.6) is 0 Å². The molecule has 3 heterocycles. The van der Waals surface area contributed by atoms with Gasteiger partial charge in [-0.05, 0) is 31.9 Å². The van der Waals surface area contributed by atoms with Gasteiger partial charge in [0.25, 0.3) is 11.5 Å². The molecule has 0 bridgehead atoms. The number of pyridine rings is 1. The van der Waals surface area contributed by atoms with Gasteiger partial charge in [-0.25, -0.2) is 4.98 Å². The maximum Gasteiger partial charge on any atom is 0.255 e. The fourth-order valence-corrected chi connectivity index (χ4v) is 2.71. The molecular weight excluding hydrogens is 308 g/mol. The highest BCUT2D eigenvalue weighted by atomic mass is 16.5. The molecule has 1 atom stereocenters. The van der Waals surface area contributed by atoms with Crippen molar-refractivity contribution in [2.24, 2.45) is 0 Å². The molecule has 0 spiro atoms. The third-order valence-corrected chi connectivity index (χ3v) is 4.04. The Balaban J connectivity index is 1.58. The van der Waals surface area contributed by atoms with Gasteiger partial charge in [-0.15, -0.1) is 0 Å². The summed E-state index contributed by atoms with van der Waals surface area (Å²) in [5, 5.41) is 0. The summed E-state index contributed by atoms with van der Waals surface area (Å²) in [6, 6.07) is 5.13. The zero-order valence-electron chi connectivity index (χ0n) is 13.6. The van der Waals surface area contributed by atoms with Crippen molar-refractivity contribution < 1.29 is 9.53 Å². The van der Waals surface area contributed by atoms with Crippen molar-refractivity contribution in [2.75, 3.05) is 19.7 Å². The predicted molar refractivity (Wildman–Crippen MR) is 87.8 cm³/mol. The molecule has 1 aliphatic rings. The number of aromatic amines is 1. The summed E-state index contributed by atoms with van der Waals surface area (Å²) in [5.74, 6) is -0.0231. The Kier molecular flexibility index (Phi) is 5.00. The van der Waals surface area contributed by atoms with Crippen molar-refractivity contribution in [1.82, 2.24) is 19.9 Å². The van der Waals surface area contributed by atoms with E-state index in [4.69, 9.17) is 4.74 Å². The number of rotatable bonds is 4. The summed E-state index contributed by atoms with van der Waals surface area (Å²) < 4.78 is 5.74. The predicted octanol–water partition coefficient (Wildman–Crippen LogP) is 0.947. The molecule has 7 heteroatoms. The molecule has 3 rings (SSSR count). The van der Waals surface area contributed by atoms with E-state index in [1.807, 2.05) is 13.0 Å². The van der Waals surface area contributed by atoms with Crippen LogP contribution in [0.4, 0.5) is 0 Å². The minimum Gasteiger partial charge on any atom is -0.375 e. The number of carbonyl (C=O) groups excluding carboxylic acids is 1. The first-order chi connectivity index (χ1) is 11.6. The van der Waals surface area contributed by atoms with E-state index < -0.39 is 0 Å². The lowest BCUT2D eigenvalue weighted by Gasteiger charge is -2.33. The summed E-state index contributed by atoms with van der Waals surface area (Å²) in [4.78, 5) is 36.4. The molecule has 126 valence electrons. The lowest BCUT2D eigenvalue weighted by molar-refractivity contribution is -0.0247. The summed E-state index contributed by atoms with van der Waals surface area (Å²) in [7, 11) is 0. The molecular formula is C17H20N4O3. The van der Waals surface area contributed by atoms with Gasteiger partial charge < -0.3 is 14.6 Å². The summed E-state index contributed by atoms with van der Waals surface area (Å²) >= 11 is 0. The van der Waals surface area contributed by atoms with Crippen LogP contribution in [-0.4, -0.2) is 51.6 Å². The van der Waals surface area contributed by atoms with Crippen LogP contribution in [-0.2, 0) is 11.2 Å². The van der Waals surface area contributed by atoms with Crippen LogP contribution in [0, 0.1) is 6.92 Å². The Hall–Kier alpha value is -2.54. The zero-order valence-corrected chi connectivity index (χ0v) is 13.6. The van der Waals surface area contributed by atoms with Crippen molar-refractivity contribution in [3.8, 4) is 0 Å². The minimum atomic E-state index is -0.159. The van der Waals surface area contributed by atoms with E-state index in [0.717, 1.165) is 11.4 Å². The number of amides is 1. The molecule has 0 aliphatic carbocycles. The van der Waals surface area contributed by atoms with E-state index in [1.165, 1.54) is 12.4 Å². The van der Waals surface area contributed by atoms with Crippen LogP contribution in [0.2, 0.25) is 0 Å². The molecule has 7 nitrogen and oxygen atoms in total. The molecule has 1 fully saturated rings. The number of carbonyl (C=O) groups is 1. The van der Waals surface area contributed by atoms with Gasteiger partial charge in [0.15, 0.2) is 0 Å². The molecule has 1 N–H and O–H groups in total. The van der Waals surface area contributed by atoms with Gasteiger partial charge in [0, 0.05) is 36.7 Å². The number of ether oxygens (including phenoxy) is 1. The molecule has 1 saturated heterocycles. The van der Waals surface area contributed by atoms with E-state index in [9.17, 15) is 9.59 Å². The van der Waals surface area contributed by atoms with E-state index in [-0.39, 0.29) is 17.6 Å². The summed E-state index contributed by atoms with van der Waals surface area (Å²) in [6.07, 6.45) is 4.32. The third kappa shape index (κ3) is 4.05. The monoisotopic (exact) mass is 328 g/mol. The highest BCUT2D eigenvalue weighted by Crippen LogP contribution is 2.14. The van der Waals surface area contributed by atoms with Crippen LogP contribution < -0.4 is 5.56 Å². The van der Waals surface area contributed by atoms with Crippen LogP contribution in [0.15, 0.2) is 35.5 Å². The Morgan fingerprint density at radius 3 is 3.04 bits per heavy atom. The van der Waals surface area contributed by atoms with Crippen molar-refractivity contribution in [3.05, 3.63) is 58.0 Å². The van der Waals surface area contributed by atoms with Gasteiger partial charge in [0.2, 0.25) is 0 Å². The number of aryl methyl sites for hydroxylation is 2. The number of H-pyrrole nitrogens is 1. The van der Waals surface area contributed by atoms with Gasteiger partial charge in [-0.2, -0.15) is 0 Å². The van der Waals surface area contributed by atoms with Gasteiger partial charge in [0.1, 0.15) is 0 Å². The maximum absolute atomic E-state index is 12.5. The second kappa shape index (κ2) is 7.35. The highest BCUT2D eigenvalue weighted by Gasteiger charge is 2.25. The van der Waals surface area contributed by atoms with Gasteiger partial charge in [0.05, 0.1) is 24.6 Å². The highest BCUT2D eigenvalue weighted by molar-refractivity contribution is 5.94. The second-order valence-corrected chi connectivity index (χ2v) is 5.87. The van der Waals surface area contributed by atoms with Crippen LogP contribution >= 0.6 is 0 Å². The molecule has 1 amide bonds. The Labute approximate surface area is 139 Å². The SMILES string of the molecule is Cc1ccc(C(=O)N2CCO[C@@H](CCc3cc(=O)[nH]cn3)C2)cn1. The molecule has 0 saturated carbocycles. The molecule has 24 heavy (non-hydrogen) atoms. The van der Waals surface area contributed by atoms with Gasteiger partial charge in [-0.1, -0.05) is 0 Å². The van der Waals surface area contributed by atoms with Crippen LogP contribution in [0.1, 0.15) is 28.2 Å². The maximum atomic E-state index is 12.5. The molecule has 2 aromatic heterocycles. The molecule has 0 radical (unpaired) electrons. The Morgan fingerprint density at radius 2 is 2.29 bits per heavy atom. The average molecular weight is 328 g/mol. The molecule has 0 aromatic carbocycles. The van der Waals surface area contributed by atoms with E-state index >= 15 is 0 Å². The van der Waals surface area contributed by atoms with Crippen LogP contribution in [0.3, 0.4) is 0 Å². The van der Waals surface area contributed by atoms with E-state index in [2.05, 4.69) is 15.0 Å². The summed E-state index contributed by atoms with van der Waals surface area (Å²) in [6.45, 7) is 3.52. The fourth-order valence-electron chi connectivity index (χ4n) is 2.71. The second-order valence-electron chi connectivity index (χ2n) is 5.87. The number of nitrogens with zero attached hydrogens (tertiary/aromatic N) is 3. The van der Waals surface area contributed by atoms with Crippen LogP contribution in [0.25, 0.3) is 0 Å². The van der Waals surface area contributed by atoms with E-state index in [1.54, 1.807) is 17.2 Å². The first-order valence-electron chi connectivity index (χ1n) is 7.99. The largest absolute Gasteiger partial charge is 0.375 e.